The molecular weight excluding hydrogens is 228 g/mol. The number of carbonyl (C=O) groups excluding carboxylic acids is 2. The Morgan fingerprint density at radius 2 is 1.94 bits per heavy atom. The Bertz CT molecular complexity index is 329. The van der Waals surface area contributed by atoms with Crippen LogP contribution in [0.3, 0.4) is 0 Å². The van der Waals surface area contributed by atoms with Crippen molar-refractivity contribution in [2.24, 2.45) is 11.7 Å². The molecule has 0 aromatic rings. The Balaban J connectivity index is 2.18. The van der Waals surface area contributed by atoms with Crippen LogP contribution >= 0.6 is 12.2 Å². The summed E-state index contributed by atoms with van der Waals surface area (Å²) in [5.41, 5.74) is 5.64. The Morgan fingerprint density at radius 3 is 2.50 bits per heavy atom. The number of hydrogen-bond acceptors (Lipinski definition) is 4. The average molecular weight is 242 g/mol. The smallest absolute Gasteiger partial charge is 0.255 e. The lowest BCUT2D eigenvalue weighted by atomic mass is 10.0. The van der Waals surface area contributed by atoms with E-state index < -0.39 is 0 Å². The van der Waals surface area contributed by atoms with E-state index in [9.17, 15) is 9.59 Å². The van der Waals surface area contributed by atoms with Crippen LogP contribution in [-0.2, 0) is 14.3 Å². The van der Waals surface area contributed by atoms with Crippen LogP contribution in [-0.4, -0.2) is 41.0 Å². The van der Waals surface area contributed by atoms with Crippen molar-refractivity contribution in [2.45, 2.75) is 25.3 Å². The van der Waals surface area contributed by atoms with Crippen LogP contribution in [0, 0.1) is 5.92 Å². The Morgan fingerprint density at radius 1 is 1.31 bits per heavy atom. The molecule has 1 saturated carbocycles. The van der Waals surface area contributed by atoms with Crippen molar-refractivity contribution < 1.29 is 14.3 Å². The number of morpholine rings is 1. The van der Waals surface area contributed by atoms with Crippen LogP contribution in [0.25, 0.3) is 0 Å². The van der Waals surface area contributed by atoms with E-state index in [1.165, 1.54) is 4.90 Å². The Kier molecular flexibility index (Phi) is 3.20. The zero-order valence-corrected chi connectivity index (χ0v) is 9.66. The van der Waals surface area contributed by atoms with Crippen molar-refractivity contribution in [1.29, 1.82) is 0 Å². The number of carbonyl (C=O) groups is 2. The molecule has 16 heavy (non-hydrogen) atoms. The van der Waals surface area contributed by atoms with Gasteiger partial charge in [0, 0.05) is 12.0 Å². The number of rotatable bonds is 2. The van der Waals surface area contributed by atoms with E-state index in [-0.39, 0.29) is 37.0 Å². The molecule has 2 fully saturated rings. The molecule has 0 spiro atoms. The Labute approximate surface area is 98.9 Å². The van der Waals surface area contributed by atoms with E-state index in [1.54, 1.807) is 0 Å². The van der Waals surface area contributed by atoms with E-state index in [2.05, 4.69) is 0 Å². The van der Waals surface area contributed by atoms with Gasteiger partial charge in [-0.25, -0.2) is 0 Å². The molecule has 1 saturated heterocycles. The normalized spacial score (nSPS) is 30.9. The number of amides is 2. The lowest BCUT2D eigenvalue weighted by molar-refractivity contribution is -0.161. The first-order valence-electron chi connectivity index (χ1n) is 5.33. The van der Waals surface area contributed by atoms with E-state index >= 15 is 0 Å². The monoisotopic (exact) mass is 242 g/mol. The predicted molar refractivity (Wildman–Crippen MR) is 60.6 cm³/mol. The lowest BCUT2D eigenvalue weighted by Crippen LogP contribution is -2.54. The second kappa shape index (κ2) is 4.47. The summed E-state index contributed by atoms with van der Waals surface area (Å²) in [4.78, 5) is 25.0. The van der Waals surface area contributed by atoms with Crippen molar-refractivity contribution in [1.82, 2.24) is 4.90 Å². The highest BCUT2D eigenvalue weighted by molar-refractivity contribution is 7.80. The molecule has 5 nitrogen and oxygen atoms in total. The number of nitrogens with zero attached hydrogens (tertiary/aromatic N) is 1. The summed E-state index contributed by atoms with van der Waals surface area (Å²) in [6, 6.07) is -0.151. The molecule has 0 aromatic heterocycles. The second-order valence-electron chi connectivity index (χ2n) is 4.16. The molecular formula is C10H14N2O3S. The molecule has 2 amide bonds. The summed E-state index contributed by atoms with van der Waals surface area (Å²) in [5, 5.41) is 0. The third-order valence-electron chi connectivity index (χ3n) is 3.17. The number of imide groups is 1. The van der Waals surface area contributed by atoms with E-state index in [4.69, 9.17) is 22.7 Å². The van der Waals surface area contributed by atoms with Gasteiger partial charge in [0.1, 0.15) is 13.2 Å². The summed E-state index contributed by atoms with van der Waals surface area (Å²) < 4.78 is 4.87. The molecule has 1 aliphatic carbocycles. The second-order valence-corrected chi connectivity index (χ2v) is 4.63. The largest absolute Gasteiger partial charge is 0.393 e. The average Bonchev–Trinajstić information content (AvgIpc) is 2.66. The molecule has 1 heterocycles. The van der Waals surface area contributed by atoms with Crippen LogP contribution in [0.15, 0.2) is 0 Å². The van der Waals surface area contributed by atoms with Crippen LogP contribution in [0.5, 0.6) is 0 Å². The molecule has 2 aliphatic rings. The number of thiocarbonyl (C=S) groups is 1. The molecule has 0 bridgehead atoms. The van der Waals surface area contributed by atoms with Crippen molar-refractivity contribution in [3.05, 3.63) is 0 Å². The zero-order valence-electron chi connectivity index (χ0n) is 8.85. The first-order chi connectivity index (χ1) is 7.61. The highest BCUT2D eigenvalue weighted by Gasteiger charge is 2.40. The van der Waals surface area contributed by atoms with Gasteiger partial charge in [0.25, 0.3) is 11.8 Å². The first-order valence-corrected chi connectivity index (χ1v) is 5.74. The van der Waals surface area contributed by atoms with Crippen LogP contribution in [0.4, 0.5) is 0 Å². The predicted octanol–water partition coefficient (Wildman–Crippen LogP) is -0.173. The van der Waals surface area contributed by atoms with E-state index in [0.717, 1.165) is 19.3 Å². The van der Waals surface area contributed by atoms with Gasteiger partial charge in [-0.3, -0.25) is 14.5 Å². The zero-order chi connectivity index (χ0) is 11.7. The minimum atomic E-state index is -0.274. The molecule has 6 heteroatoms. The Hall–Kier alpha value is -1.01. The van der Waals surface area contributed by atoms with Crippen LogP contribution < -0.4 is 5.73 Å². The topological polar surface area (TPSA) is 72.6 Å². The summed E-state index contributed by atoms with van der Waals surface area (Å²) in [6.07, 6.45) is 2.60. The van der Waals surface area contributed by atoms with Gasteiger partial charge in [-0.1, -0.05) is 18.6 Å². The summed E-state index contributed by atoms with van der Waals surface area (Å²) >= 11 is 4.98. The van der Waals surface area contributed by atoms with Gasteiger partial charge < -0.3 is 10.5 Å². The fourth-order valence-corrected chi connectivity index (χ4v) is 2.73. The summed E-state index contributed by atoms with van der Waals surface area (Å²) in [5.74, 6) is -0.574. The van der Waals surface area contributed by atoms with Gasteiger partial charge in [0.2, 0.25) is 0 Å². The molecule has 2 rings (SSSR count). The number of ether oxygens (including phenoxy) is 1. The van der Waals surface area contributed by atoms with Crippen molar-refractivity contribution in [2.75, 3.05) is 13.2 Å². The third-order valence-corrected chi connectivity index (χ3v) is 3.47. The third kappa shape index (κ3) is 1.94. The number of hydrogen-bond donors (Lipinski definition) is 1. The maximum absolute atomic E-state index is 11.7. The van der Waals surface area contributed by atoms with Gasteiger partial charge in [-0.15, -0.1) is 0 Å². The molecule has 1 aliphatic heterocycles. The standard InChI is InChI=1S/C10H14N2O3S/c11-10(16)6-2-1-3-7(6)12-8(13)4-15-5-9(12)14/h6-7H,1-5H2,(H2,11,16). The van der Waals surface area contributed by atoms with Crippen molar-refractivity contribution in [3.8, 4) is 0 Å². The highest BCUT2D eigenvalue weighted by atomic mass is 32.1. The van der Waals surface area contributed by atoms with Gasteiger partial charge in [-0.2, -0.15) is 0 Å². The van der Waals surface area contributed by atoms with Crippen LogP contribution in [0.1, 0.15) is 19.3 Å². The molecule has 2 unspecified atom stereocenters. The van der Waals surface area contributed by atoms with Crippen LogP contribution in [0.2, 0.25) is 0 Å². The minimum absolute atomic E-state index is 0.0215. The SMILES string of the molecule is NC(=S)C1CCCC1N1C(=O)COCC1=O. The van der Waals surface area contributed by atoms with Gasteiger partial charge >= 0.3 is 0 Å². The van der Waals surface area contributed by atoms with E-state index in [1.807, 2.05) is 0 Å². The van der Waals surface area contributed by atoms with Gasteiger partial charge in [0.05, 0.1) is 4.99 Å². The summed E-state index contributed by atoms with van der Waals surface area (Å²) in [6.45, 7) is -0.0431. The van der Waals surface area contributed by atoms with Crippen molar-refractivity contribution in [3.63, 3.8) is 0 Å². The summed E-state index contributed by atoms with van der Waals surface area (Å²) in [7, 11) is 0. The molecule has 2 atom stereocenters. The fourth-order valence-electron chi connectivity index (χ4n) is 2.46. The molecule has 2 N–H and O–H groups in total. The molecule has 0 radical (unpaired) electrons. The quantitative estimate of drug-likeness (QED) is 0.537. The van der Waals surface area contributed by atoms with E-state index in [0.29, 0.717) is 4.99 Å². The van der Waals surface area contributed by atoms with Gasteiger partial charge in [0.15, 0.2) is 0 Å². The lowest BCUT2D eigenvalue weighted by Gasteiger charge is -2.33. The fraction of sp³-hybridized carbons (Fsp3) is 0.700. The maximum Gasteiger partial charge on any atom is 0.255 e. The molecule has 0 aromatic carbocycles. The van der Waals surface area contributed by atoms with Crippen molar-refractivity contribution >= 4 is 29.0 Å². The maximum atomic E-state index is 11.7. The minimum Gasteiger partial charge on any atom is -0.393 e. The van der Waals surface area contributed by atoms with Gasteiger partial charge in [-0.05, 0) is 12.8 Å². The first kappa shape index (κ1) is 11.5. The molecule has 88 valence electrons. The highest BCUT2D eigenvalue weighted by Crippen LogP contribution is 2.31. The number of nitrogens with two attached hydrogens (primary N) is 1.